The summed E-state index contributed by atoms with van der Waals surface area (Å²) in [6.45, 7) is 3.69. The third-order valence-electron chi connectivity index (χ3n) is 5.04. The fraction of sp³-hybridized carbons (Fsp3) is 0.350. The molecule has 2 amide bonds. The normalized spacial score (nSPS) is 17.7. The summed E-state index contributed by atoms with van der Waals surface area (Å²) >= 11 is 0. The number of carbonyl (C=O) groups excluding carboxylic acids is 2. The third kappa shape index (κ3) is 3.27. The molecule has 134 valence electrons. The smallest absolute Gasteiger partial charge is 0.253 e. The molecule has 2 aromatic rings. The zero-order valence-electron chi connectivity index (χ0n) is 14.7. The quantitative estimate of drug-likeness (QED) is 0.851. The van der Waals surface area contributed by atoms with Crippen molar-refractivity contribution in [2.45, 2.75) is 12.8 Å². The number of rotatable bonds is 3. The number of pyridine rings is 1. The summed E-state index contributed by atoms with van der Waals surface area (Å²) < 4.78 is 0. The number of carbonyl (C=O) groups is 2. The molecule has 26 heavy (non-hydrogen) atoms. The van der Waals surface area contributed by atoms with Crippen molar-refractivity contribution in [2.75, 3.05) is 42.5 Å². The van der Waals surface area contributed by atoms with E-state index in [1.807, 2.05) is 47.4 Å². The molecule has 4 rings (SSSR count). The fourth-order valence-corrected chi connectivity index (χ4v) is 3.57. The molecule has 0 unspecified atom stereocenters. The summed E-state index contributed by atoms with van der Waals surface area (Å²) in [5.74, 6) is 1.17. The van der Waals surface area contributed by atoms with Gasteiger partial charge in [-0.15, -0.1) is 0 Å². The van der Waals surface area contributed by atoms with Gasteiger partial charge >= 0.3 is 0 Å². The molecule has 1 aromatic carbocycles. The summed E-state index contributed by atoms with van der Waals surface area (Å²) in [7, 11) is 0. The highest BCUT2D eigenvalue weighted by molar-refractivity contribution is 5.97. The predicted molar refractivity (Wildman–Crippen MR) is 100 cm³/mol. The lowest BCUT2D eigenvalue weighted by molar-refractivity contribution is -0.117. The Morgan fingerprint density at radius 3 is 2.31 bits per heavy atom. The van der Waals surface area contributed by atoms with E-state index in [2.05, 4.69) is 9.88 Å². The van der Waals surface area contributed by atoms with E-state index in [0.717, 1.165) is 37.6 Å². The minimum atomic E-state index is 0.0463. The van der Waals surface area contributed by atoms with Gasteiger partial charge in [0.2, 0.25) is 5.91 Å². The molecule has 0 N–H and O–H groups in total. The summed E-state index contributed by atoms with van der Waals surface area (Å²) in [4.78, 5) is 34.8. The summed E-state index contributed by atoms with van der Waals surface area (Å²) in [6, 6.07) is 13.3. The molecule has 0 saturated carbocycles. The van der Waals surface area contributed by atoms with Crippen molar-refractivity contribution >= 4 is 23.3 Å². The van der Waals surface area contributed by atoms with Crippen molar-refractivity contribution in [3.05, 3.63) is 54.2 Å². The van der Waals surface area contributed by atoms with Crippen LogP contribution >= 0.6 is 0 Å². The van der Waals surface area contributed by atoms with Crippen molar-refractivity contribution in [3.63, 3.8) is 0 Å². The van der Waals surface area contributed by atoms with Gasteiger partial charge in [0.1, 0.15) is 5.82 Å². The van der Waals surface area contributed by atoms with Crippen molar-refractivity contribution < 1.29 is 9.59 Å². The molecule has 2 saturated heterocycles. The van der Waals surface area contributed by atoms with Gasteiger partial charge in [-0.2, -0.15) is 0 Å². The molecule has 0 spiro atoms. The van der Waals surface area contributed by atoms with E-state index < -0.39 is 0 Å². The first-order chi connectivity index (χ1) is 12.7. The largest absolute Gasteiger partial charge is 0.353 e. The maximum Gasteiger partial charge on any atom is 0.253 e. The maximum atomic E-state index is 12.8. The fourth-order valence-electron chi connectivity index (χ4n) is 3.57. The molecule has 3 heterocycles. The van der Waals surface area contributed by atoms with Gasteiger partial charge in [0, 0.05) is 56.6 Å². The molecule has 1 aromatic heterocycles. The van der Waals surface area contributed by atoms with Crippen LogP contribution in [0.3, 0.4) is 0 Å². The summed E-state index contributed by atoms with van der Waals surface area (Å²) in [5, 5.41) is 0. The molecule has 6 heteroatoms. The summed E-state index contributed by atoms with van der Waals surface area (Å²) in [5.41, 5.74) is 1.55. The Morgan fingerprint density at radius 1 is 0.923 bits per heavy atom. The second-order valence-corrected chi connectivity index (χ2v) is 6.66. The lowest BCUT2D eigenvalue weighted by Gasteiger charge is -2.35. The van der Waals surface area contributed by atoms with Gasteiger partial charge in [0.25, 0.3) is 5.91 Å². The second-order valence-electron chi connectivity index (χ2n) is 6.66. The highest BCUT2D eigenvalue weighted by Gasteiger charge is 2.24. The number of piperazine rings is 1. The average molecular weight is 350 g/mol. The molecule has 0 bridgehead atoms. The number of benzene rings is 1. The van der Waals surface area contributed by atoms with Crippen LogP contribution in [0.5, 0.6) is 0 Å². The van der Waals surface area contributed by atoms with Gasteiger partial charge in [-0.25, -0.2) is 4.98 Å². The average Bonchev–Trinajstić information content (AvgIpc) is 3.14. The summed E-state index contributed by atoms with van der Waals surface area (Å²) in [6.07, 6.45) is 3.31. The van der Waals surface area contributed by atoms with Crippen LogP contribution in [0.25, 0.3) is 0 Å². The van der Waals surface area contributed by atoms with Gasteiger partial charge in [0.05, 0.1) is 0 Å². The van der Waals surface area contributed by atoms with E-state index in [4.69, 9.17) is 0 Å². The number of anilines is 2. The predicted octanol–water partition coefficient (Wildman–Crippen LogP) is 2.17. The van der Waals surface area contributed by atoms with Gasteiger partial charge < -0.3 is 14.7 Å². The van der Waals surface area contributed by atoms with Crippen molar-refractivity contribution in [1.29, 1.82) is 0 Å². The van der Waals surface area contributed by atoms with Crippen LogP contribution in [0.15, 0.2) is 48.7 Å². The first-order valence-electron chi connectivity index (χ1n) is 9.08. The van der Waals surface area contributed by atoms with E-state index in [-0.39, 0.29) is 11.8 Å². The highest BCUT2D eigenvalue weighted by Crippen LogP contribution is 2.22. The minimum Gasteiger partial charge on any atom is -0.353 e. The van der Waals surface area contributed by atoms with Gasteiger partial charge in [-0.1, -0.05) is 6.07 Å². The molecular weight excluding hydrogens is 328 g/mol. The van der Waals surface area contributed by atoms with Gasteiger partial charge in [-0.3, -0.25) is 9.59 Å². The number of hydrogen-bond acceptors (Lipinski definition) is 4. The Labute approximate surface area is 153 Å². The van der Waals surface area contributed by atoms with Crippen LogP contribution in [-0.4, -0.2) is 54.4 Å². The van der Waals surface area contributed by atoms with E-state index >= 15 is 0 Å². The first kappa shape index (κ1) is 16.6. The Morgan fingerprint density at radius 2 is 1.69 bits per heavy atom. The Kier molecular flexibility index (Phi) is 4.56. The third-order valence-corrected chi connectivity index (χ3v) is 5.04. The standard InChI is InChI=1S/C20H22N4O2/c25-19-5-3-11-24(19)17-8-6-16(7-9-17)20(26)23-14-12-22(13-15-23)18-4-1-2-10-21-18/h1-2,4,6-10H,3,5,11-15H2. The van der Waals surface area contributed by atoms with Crippen LogP contribution in [0.4, 0.5) is 11.5 Å². The van der Waals surface area contributed by atoms with Gasteiger partial charge in [-0.05, 0) is 42.8 Å². The number of aromatic nitrogens is 1. The Balaban J connectivity index is 1.38. The molecule has 0 radical (unpaired) electrons. The van der Waals surface area contributed by atoms with Crippen LogP contribution in [-0.2, 0) is 4.79 Å². The van der Waals surface area contributed by atoms with E-state index in [1.165, 1.54) is 0 Å². The molecular formula is C20H22N4O2. The Bertz CT molecular complexity index is 783. The van der Waals surface area contributed by atoms with Gasteiger partial charge in [0.15, 0.2) is 0 Å². The van der Waals surface area contributed by atoms with E-state index in [1.54, 1.807) is 11.1 Å². The zero-order valence-corrected chi connectivity index (χ0v) is 14.7. The van der Waals surface area contributed by atoms with Crippen LogP contribution in [0.2, 0.25) is 0 Å². The zero-order chi connectivity index (χ0) is 17.9. The minimum absolute atomic E-state index is 0.0463. The lowest BCUT2D eigenvalue weighted by atomic mass is 10.1. The van der Waals surface area contributed by atoms with Crippen LogP contribution < -0.4 is 9.80 Å². The monoisotopic (exact) mass is 350 g/mol. The molecule has 2 aliphatic heterocycles. The molecule has 0 atom stereocenters. The van der Waals surface area contributed by atoms with Crippen LogP contribution in [0.1, 0.15) is 23.2 Å². The number of amides is 2. The lowest BCUT2D eigenvalue weighted by Crippen LogP contribution is -2.49. The van der Waals surface area contributed by atoms with E-state index in [0.29, 0.717) is 25.1 Å². The van der Waals surface area contributed by atoms with E-state index in [9.17, 15) is 9.59 Å². The Hall–Kier alpha value is -2.89. The number of nitrogens with zero attached hydrogens (tertiary/aromatic N) is 4. The highest BCUT2D eigenvalue weighted by atomic mass is 16.2. The molecule has 2 aliphatic rings. The molecule has 6 nitrogen and oxygen atoms in total. The van der Waals surface area contributed by atoms with Crippen LogP contribution in [0, 0.1) is 0 Å². The van der Waals surface area contributed by atoms with Crippen molar-refractivity contribution in [3.8, 4) is 0 Å². The topological polar surface area (TPSA) is 56.8 Å². The molecule has 2 fully saturated rings. The van der Waals surface area contributed by atoms with Crippen molar-refractivity contribution in [2.24, 2.45) is 0 Å². The van der Waals surface area contributed by atoms with Crippen molar-refractivity contribution in [1.82, 2.24) is 9.88 Å². The molecule has 0 aliphatic carbocycles. The number of hydrogen-bond donors (Lipinski definition) is 0. The maximum absolute atomic E-state index is 12.8. The first-order valence-corrected chi connectivity index (χ1v) is 9.08. The SMILES string of the molecule is O=C(c1ccc(N2CCCC2=O)cc1)N1CCN(c2ccccn2)CC1. The second kappa shape index (κ2) is 7.15.